The summed E-state index contributed by atoms with van der Waals surface area (Å²) in [7, 11) is 0. The molecule has 3 aliphatic rings. The number of nitrogens with one attached hydrogen (secondary N) is 1. The number of hydrogen-bond donors (Lipinski definition) is 2. The van der Waals surface area contributed by atoms with Crippen molar-refractivity contribution in [2.45, 2.75) is 45.1 Å². The topological polar surface area (TPSA) is 53.6 Å². The summed E-state index contributed by atoms with van der Waals surface area (Å²) in [5, 5.41) is 3.51. The molecule has 2 atom stereocenters. The molecule has 4 nitrogen and oxygen atoms in total. The average Bonchev–Trinajstić information content (AvgIpc) is 3.00. The van der Waals surface area contributed by atoms with Gasteiger partial charge in [0.2, 0.25) is 0 Å². The minimum Gasteiger partial charge on any atom is -0.402 e. The van der Waals surface area contributed by atoms with Crippen molar-refractivity contribution in [1.82, 2.24) is 10.2 Å². The van der Waals surface area contributed by atoms with Crippen molar-refractivity contribution in [3.05, 3.63) is 11.8 Å². The smallest absolute Gasteiger partial charge is 0.0509 e. The number of hydrogen-bond acceptors (Lipinski definition) is 4. The van der Waals surface area contributed by atoms with Gasteiger partial charge in [-0.3, -0.25) is 9.89 Å². The highest BCUT2D eigenvalue weighted by molar-refractivity contribution is 5.97. The predicted octanol–water partition coefficient (Wildman–Crippen LogP) is 1.77. The fraction of sp³-hybridized carbons (Fsp3) is 0.824. The van der Waals surface area contributed by atoms with Crippen LogP contribution in [0.5, 0.6) is 0 Å². The van der Waals surface area contributed by atoms with E-state index in [4.69, 9.17) is 10.7 Å². The first-order chi connectivity index (χ1) is 10.2. The molecule has 3 N–H and O–H groups in total. The Morgan fingerprint density at radius 1 is 1.19 bits per heavy atom. The first kappa shape index (κ1) is 15.0. The van der Waals surface area contributed by atoms with Gasteiger partial charge in [-0.25, -0.2) is 0 Å². The van der Waals surface area contributed by atoms with Crippen molar-refractivity contribution >= 4 is 5.71 Å². The Bertz CT molecular complexity index is 393. The van der Waals surface area contributed by atoms with Crippen LogP contribution in [0.4, 0.5) is 0 Å². The van der Waals surface area contributed by atoms with Gasteiger partial charge in [0.05, 0.1) is 11.8 Å². The van der Waals surface area contributed by atoms with Gasteiger partial charge in [0, 0.05) is 25.3 Å². The van der Waals surface area contributed by atoms with Crippen LogP contribution in [0.2, 0.25) is 0 Å². The summed E-state index contributed by atoms with van der Waals surface area (Å²) in [6.45, 7) is 7.79. The van der Waals surface area contributed by atoms with E-state index in [2.05, 4.69) is 16.3 Å². The lowest BCUT2D eigenvalue weighted by Crippen LogP contribution is -2.31. The molecule has 0 spiro atoms. The van der Waals surface area contributed by atoms with Crippen LogP contribution < -0.4 is 11.1 Å². The van der Waals surface area contributed by atoms with Gasteiger partial charge in [-0.2, -0.15) is 0 Å². The molecule has 0 amide bonds. The Labute approximate surface area is 128 Å². The van der Waals surface area contributed by atoms with Crippen LogP contribution >= 0.6 is 0 Å². The van der Waals surface area contributed by atoms with Gasteiger partial charge in [0.1, 0.15) is 0 Å². The van der Waals surface area contributed by atoms with Gasteiger partial charge in [-0.1, -0.05) is 19.3 Å². The van der Waals surface area contributed by atoms with Gasteiger partial charge < -0.3 is 11.1 Å². The molecular weight excluding hydrogens is 260 g/mol. The van der Waals surface area contributed by atoms with Crippen molar-refractivity contribution in [3.8, 4) is 0 Å². The van der Waals surface area contributed by atoms with E-state index < -0.39 is 0 Å². The van der Waals surface area contributed by atoms with Crippen LogP contribution in [0, 0.1) is 11.8 Å². The Hall–Kier alpha value is -0.870. The van der Waals surface area contributed by atoms with Gasteiger partial charge >= 0.3 is 0 Å². The summed E-state index contributed by atoms with van der Waals surface area (Å²) in [5.41, 5.74) is 8.00. The first-order valence-corrected chi connectivity index (χ1v) is 8.64. The SMILES string of the molecule is CC(N)=CC(CN1CC2CNCC2C1)=NC1CCCCC1. The standard InChI is InChI=1S/C17H30N4/c1-13(18)7-17(20-16-5-3-2-4-6-16)12-21-10-14-8-19-9-15(14)11-21/h7,14-16,19H,2-6,8-12,18H2,1H3. The zero-order valence-electron chi connectivity index (χ0n) is 13.4. The van der Waals surface area contributed by atoms with Crippen LogP contribution in [0.1, 0.15) is 39.0 Å². The van der Waals surface area contributed by atoms with Crippen molar-refractivity contribution in [1.29, 1.82) is 0 Å². The molecule has 0 aromatic carbocycles. The maximum absolute atomic E-state index is 5.92. The summed E-state index contributed by atoms with van der Waals surface area (Å²) in [5.74, 6) is 1.70. The predicted molar refractivity (Wildman–Crippen MR) is 88.5 cm³/mol. The van der Waals surface area contributed by atoms with Gasteiger partial charge in [-0.15, -0.1) is 0 Å². The van der Waals surface area contributed by atoms with Crippen molar-refractivity contribution in [2.24, 2.45) is 22.6 Å². The molecule has 0 aromatic rings. The number of rotatable bonds is 4. The summed E-state index contributed by atoms with van der Waals surface area (Å²) in [6, 6.07) is 0.535. The summed E-state index contributed by atoms with van der Waals surface area (Å²) in [6.07, 6.45) is 8.68. The maximum Gasteiger partial charge on any atom is 0.0509 e. The maximum atomic E-state index is 5.92. The second-order valence-electron chi connectivity index (χ2n) is 7.17. The monoisotopic (exact) mass is 290 g/mol. The molecule has 4 heteroatoms. The zero-order chi connectivity index (χ0) is 14.7. The number of nitrogens with zero attached hydrogens (tertiary/aromatic N) is 2. The van der Waals surface area contributed by atoms with E-state index in [1.165, 1.54) is 64.0 Å². The van der Waals surface area contributed by atoms with Gasteiger partial charge in [-0.05, 0) is 50.8 Å². The third-order valence-corrected chi connectivity index (χ3v) is 5.17. The molecule has 3 rings (SSSR count). The van der Waals surface area contributed by atoms with Gasteiger partial charge in [0.25, 0.3) is 0 Å². The van der Waals surface area contributed by atoms with E-state index in [1.807, 2.05) is 6.92 Å². The first-order valence-electron chi connectivity index (χ1n) is 8.64. The van der Waals surface area contributed by atoms with Crippen LogP contribution in [0.3, 0.4) is 0 Å². The average molecular weight is 290 g/mol. The third kappa shape index (κ3) is 4.07. The van der Waals surface area contributed by atoms with E-state index in [-0.39, 0.29) is 0 Å². The molecule has 2 aliphatic heterocycles. The second-order valence-corrected chi connectivity index (χ2v) is 7.17. The largest absolute Gasteiger partial charge is 0.402 e. The summed E-state index contributed by atoms with van der Waals surface area (Å²) >= 11 is 0. The Balaban J connectivity index is 1.62. The summed E-state index contributed by atoms with van der Waals surface area (Å²) < 4.78 is 0. The van der Waals surface area contributed by atoms with Gasteiger partial charge in [0.15, 0.2) is 0 Å². The minimum atomic E-state index is 0.535. The number of fused-ring (bicyclic) bond motifs is 1. The molecule has 2 unspecified atom stereocenters. The number of aliphatic imine (C=N–C) groups is 1. The molecule has 2 saturated heterocycles. The molecule has 2 heterocycles. The molecule has 0 bridgehead atoms. The molecule has 1 aliphatic carbocycles. The number of nitrogens with two attached hydrogens (primary N) is 1. The minimum absolute atomic E-state index is 0.535. The highest BCUT2D eigenvalue weighted by Crippen LogP contribution is 2.26. The van der Waals surface area contributed by atoms with Crippen LogP contribution in [-0.2, 0) is 0 Å². The van der Waals surface area contributed by atoms with Crippen LogP contribution in [0.25, 0.3) is 0 Å². The lowest BCUT2D eigenvalue weighted by molar-refractivity contribution is 0.354. The Kier molecular flexibility index (Phi) is 4.96. The van der Waals surface area contributed by atoms with Crippen molar-refractivity contribution in [3.63, 3.8) is 0 Å². The number of allylic oxidation sites excluding steroid dienone is 1. The molecular formula is C17H30N4. The van der Waals surface area contributed by atoms with Crippen LogP contribution in [0.15, 0.2) is 16.8 Å². The fourth-order valence-corrected chi connectivity index (χ4v) is 4.14. The molecule has 118 valence electrons. The molecule has 0 aromatic heterocycles. The molecule has 21 heavy (non-hydrogen) atoms. The third-order valence-electron chi connectivity index (χ3n) is 5.17. The quantitative estimate of drug-likeness (QED) is 0.776. The highest BCUT2D eigenvalue weighted by atomic mass is 15.2. The fourth-order valence-electron chi connectivity index (χ4n) is 4.14. The van der Waals surface area contributed by atoms with Crippen molar-refractivity contribution < 1.29 is 0 Å². The van der Waals surface area contributed by atoms with Crippen LogP contribution in [-0.4, -0.2) is 49.4 Å². The molecule has 3 fully saturated rings. The zero-order valence-corrected chi connectivity index (χ0v) is 13.4. The molecule has 1 saturated carbocycles. The normalized spacial score (nSPS) is 32.6. The van der Waals surface area contributed by atoms with E-state index in [1.54, 1.807) is 0 Å². The summed E-state index contributed by atoms with van der Waals surface area (Å²) in [4.78, 5) is 7.62. The van der Waals surface area contributed by atoms with E-state index in [0.29, 0.717) is 6.04 Å². The van der Waals surface area contributed by atoms with E-state index in [0.717, 1.165) is 24.1 Å². The van der Waals surface area contributed by atoms with E-state index >= 15 is 0 Å². The molecule has 0 radical (unpaired) electrons. The van der Waals surface area contributed by atoms with E-state index in [9.17, 15) is 0 Å². The lowest BCUT2D eigenvalue weighted by Gasteiger charge is -2.21. The lowest BCUT2D eigenvalue weighted by atomic mass is 9.96. The Morgan fingerprint density at radius 3 is 2.48 bits per heavy atom. The second kappa shape index (κ2) is 6.93. The Morgan fingerprint density at radius 2 is 1.86 bits per heavy atom. The highest BCUT2D eigenvalue weighted by Gasteiger charge is 2.36. The number of likely N-dealkylation sites (tertiary alicyclic amines) is 1. The van der Waals surface area contributed by atoms with Crippen molar-refractivity contribution in [2.75, 3.05) is 32.7 Å².